The van der Waals surface area contributed by atoms with Crippen molar-refractivity contribution in [1.29, 1.82) is 0 Å². The lowest BCUT2D eigenvalue weighted by atomic mass is 9.74. The first kappa shape index (κ1) is 30.7. The molecule has 0 amide bonds. The zero-order chi connectivity index (χ0) is 28.5. The molecule has 0 aromatic heterocycles. The summed E-state index contributed by atoms with van der Waals surface area (Å²) in [4.78, 5) is 22.0. The zero-order valence-corrected chi connectivity index (χ0v) is 25.9. The molecule has 0 radical (unpaired) electrons. The first-order valence-corrected chi connectivity index (χ1v) is 16.0. The molecule has 3 unspecified atom stereocenters. The van der Waals surface area contributed by atoms with Gasteiger partial charge in [-0.15, -0.1) is 0 Å². The number of benzene rings is 2. The summed E-state index contributed by atoms with van der Waals surface area (Å²) in [6.45, 7) is 3.07. The molecule has 3 atom stereocenters. The molecule has 1 aliphatic heterocycles. The molecule has 4 rings (SSSR count). The van der Waals surface area contributed by atoms with Gasteiger partial charge in [0.15, 0.2) is 0 Å². The number of carbonyl (C=O) groups excluding carboxylic acids is 1. The van der Waals surface area contributed by atoms with Gasteiger partial charge in [0.05, 0.1) is 25.2 Å². The van der Waals surface area contributed by atoms with Crippen molar-refractivity contribution in [2.24, 2.45) is 16.8 Å². The number of methoxy groups -OCH3 is 1. The minimum atomic E-state index is -0.950. The van der Waals surface area contributed by atoms with Gasteiger partial charge in [0, 0.05) is 23.4 Å². The molecule has 1 fully saturated rings. The third kappa shape index (κ3) is 7.74. The second-order valence-corrected chi connectivity index (χ2v) is 12.8. The van der Waals surface area contributed by atoms with Crippen molar-refractivity contribution in [3.05, 3.63) is 70.7 Å². The van der Waals surface area contributed by atoms with E-state index in [-0.39, 0.29) is 6.04 Å². The van der Waals surface area contributed by atoms with Crippen LogP contribution in [0, 0.1) is 11.8 Å². The van der Waals surface area contributed by atoms with Crippen LogP contribution in [0.4, 0.5) is 4.79 Å². The van der Waals surface area contributed by atoms with E-state index in [4.69, 9.17) is 26.1 Å². The molecule has 0 N–H and O–H groups in total. The van der Waals surface area contributed by atoms with E-state index in [0.717, 1.165) is 43.0 Å². The Bertz CT molecular complexity index is 1090. The van der Waals surface area contributed by atoms with Crippen molar-refractivity contribution in [3.63, 3.8) is 0 Å². The summed E-state index contributed by atoms with van der Waals surface area (Å²) in [6.07, 6.45) is 7.86. The summed E-state index contributed by atoms with van der Waals surface area (Å²) in [6, 6.07) is 19.1. The second-order valence-electron chi connectivity index (χ2n) is 11.4. The number of ether oxygens (including phenoxy) is 2. The maximum Gasteiger partial charge on any atom is 0.510 e. The minimum absolute atomic E-state index is 0.00251. The van der Waals surface area contributed by atoms with Crippen LogP contribution in [0.2, 0.25) is 5.02 Å². The SMILES string of the molecule is CCCN1C=NC(CSCc2ccccc2)(OC(=O)OC)C1CC1CCC(C(c2ccc(Cl)cc2)N(C)C)CC1. The standard InChI is InChI=1S/C32H44ClN3O3S/c1-5-19-36-23-34-32(39-31(37)38-4,22-40-21-25-9-7-6-8-10-25)29(36)20-24-11-13-26(14-12-24)30(35(2)3)27-15-17-28(33)18-16-27/h6-10,15-18,23-24,26,29-30H,5,11-14,19-22H2,1-4H3. The van der Waals surface area contributed by atoms with Crippen LogP contribution in [0.3, 0.4) is 0 Å². The van der Waals surface area contributed by atoms with E-state index in [2.05, 4.69) is 67.2 Å². The predicted molar refractivity (Wildman–Crippen MR) is 166 cm³/mol. The molecular formula is C32H44ClN3O3S. The second kappa shape index (κ2) is 14.6. The van der Waals surface area contributed by atoms with E-state index in [0.29, 0.717) is 23.6 Å². The van der Waals surface area contributed by atoms with E-state index >= 15 is 0 Å². The monoisotopic (exact) mass is 585 g/mol. The molecule has 0 saturated heterocycles. The number of carbonyl (C=O) groups is 1. The molecule has 2 aliphatic rings. The maximum absolute atomic E-state index is 12.5. The third-order valence-corrected chi connectivity index (χ3v) is 9.74. The van der Waals surface area contributed by atoms with Crippen LogP contribution in [0.5, 0.6) is 0 Å². The van der Waals surface area contributed by atoms with Gasteiger partial charge in [-0.2, -0.15) is 11.8 Å². The Labute approximate surface area is 249 Å². The molecule has 2 aromatic carbocycles. The highest BCUT2D eigenvalue weighted by Crippen LogP contribution is 2.43. The van der Waals surface area contributed by atoms with E-state index < -0.39 is 11.9 Å². The first-order chi connectivity index (χ1) is 19.3. The van der Waals surface area contributed by atoms with Gasteiger partial charge in [0.1, 0.15) is 0 Å². The molecule has 218 valence electrons. The number of hydrogen-bond acceptors (Lipinski definition) is 7. The van der Waals surface area contributed by atoms with Crippen LogP contribution in [-0.2, 0) is 15.2 Å². The number of thioether (sulfide) groups is 1. The third-order valence-electron chi connectivity index (χ3n) is 8.34. The predicted octanol–water partition coefficient (Wildman–Crippen LogP) is 7.67. The molecule has 6 nitrogen and oxygen atoms in total. The Kier molecular flexibility index (Phi) is 11.2. The van der Waals surface area contributed by atoms with Crippen LogP contribution in [-0.4, -0.2) is 67.6 Å². The van der Waals surface area contributed by atoms with Crippen LogP contribution in [0.1, 0.15) is 62.6 Å². The Balaban J connectivity index is 1.46. The lowest BCUT2D eigenvalue weighted by Crippen LogP contribution is -2.51. The zero-order valence-electron chi connectivity index (χ0n) is 24.3. The van der Waals surface area contributed by atoms with Crippen molar-refractivity contribution in [3.8, 4) is 0 Å². The normalized spacial score (nSPS) is 25.2. The van der Waals surface area contributed by atoms with Crippen LogP contribution in [0.25, 0.3) is 0 Å². The average Bonchev–Trinajstić information content (AvgIpc) is 3.27. The summed E-state index contributed by atoms with van der Waals surface area (Å²) in [7, 11) is 5.72. The van der Waals surface area contributed by atoms with Crippen molar-refractivity contribution < 1.29 is 14.3 Å². The molecule has 0 bridgehead atoms. The number of hydrogen-bond donors (Lipinski definition) is 0. The first-order valence-electron chi connectivity index (χ1n) is 14.5. The van der Waals surface area contributed by atoms with E-state index in [1.165, 1.54) is 31.1 Å². The van der Waals surface area contributed by atoms with Gasteiger partial charge < -0.3 is 19.3 Å². The Morgan fingerprint density at radius 3 is 2.45 bits per heavy atom. The smallest absolute Gasteiger partial charge is 0.438 e. The number of aliphatic imine (C=N–C) groups is 1. The largest absolute Gasteiger partial charge is 0.510 e. The van der Waals surface area contributed by atoms with Gasteiger partial charge in [-0.1, -0.05) is 73.8 Å². The lowest BCUT2D eigenvalue weighted by Gasteiger charge is -2.41. The fourth-order valence-corrected chi connectivity index (χ4v) is 7.70. The summed E-state index contributed by atoms with van der Waals surface area (Å²) in [5, 5.41) is 0.778. The van der Waals surface area contributed by atoms with Crippen LogP contribution in [0.15, 0.2) is 59.6 Å². The Morgan fingerprint density at radius 1 is 1.12 bits per heavy atom. The van der Waals surface area contributed by atoms with Crippen molar-refractivity contribution in [1.82, 2.24) is 9.80 Å². The van der Waals surface area contributed by atoms with Gasteiger partial charge in [0.2, 0.25) is 5.72 Å². The highest BCUT2D eigenvalue weighted by atomic mass is 35.5. The molecule has 0 spiro atoms. The van der Waals surface area contributed by atoms with Crippen LogP contribution >= 0.6 is 23.4 Å². The van der Waals surface area contributed by atoms with Crippen molar-refractivity contribution >= 4 is 35.9 Å². The van der Waals surface area contributed by atoms with Gasteiger partial charge in [-0.25, -0.2) is 9.79 Å². The topological polar surface area (TPSA) is 54.4 Å². The number of nitrogens with zero attached hydrogens (tertiary/aromatic N) is 3. The average molecular weight is 586 g/mol. The molecule has 1 saturated carbocycles. The van der Waals surface area contributed by atoms with Crippen molar-refractivity contribution in [2.75, 3.05) is 33.5 Å². The fraction of sp³-hybridized carbons (Fsp3) is 0.562. The number of halogens is 1. The van der Waals surface area contributed by atoms with Crippen molar-refractivity contribution in [2.45, 2.75) is 69.0 Å². The lowest BCUT2D eigenvalue weighted by molar-refractivity contribution is -0.0433. The van der Waals surface area contributed by atoms with E-state index in [9.17, 15) is 4.79 Å². The summed E-state index contributed by atoms with van der Waals surface area (Å²) in [5.74, 6) is 2.57. The highest BCUT2D eigenvalue weighted by molar-refractivity contribution is 7.98. The molecule has 2 aromatic rings. The fourth-order valence-electron chi connectivity index (χ4n) is 6.43. The minimum Gasteiger partial charge on any atom is -0.438 e. The molecule has 40 heavy (non-hydrogen) atoms. The van der Waals surface area contributed by atoms with E-state index in [1.807, 2.05) is 24.5 Å². The maximum atomic E-state index is 12.5. The Morgan fingerprint density at radius 2 is 1.82 bits per heavy atom. The summed E-state index contributed by atoms with van der Waals surface area (Å²) >= 11 is 7.93. The summed E-state index contributed by atoms with van der Waals surface area (Å²) < 4.78 is 11.0. The molecule has 1 heterocycles. The number of rotatable bonds is 12. The van der Waals surface area contributed by atoms with Gasteiger partial charge in [0.25, 0.3) is 0 Å². The van der Waals surface area contributed by atoms with Crippen LogP contribution < -0.4 is 0 Å². The molecular weight excluding hydrogens is 542 g/mol. The Hall–Kier alpha value is -2.22. The highest BCUT2D eigenvalue weighted by Gasteiger charge is 2.50. The summed E-state index contributed by atoms with van der Waals surface area (Å²) in [5.41, 5.74) is 1.63. The van der Waals surface area contributed by atoms with E-state index in [1.54, 1.807) is 11.8 Å². The quantitative estimate of drug-likeness (QED) is 0.238. The van der Waals surface area contributed by atoms with Gasteiger partial charge >= 0.3 is 6.16 Å². The van der Waals surface area contributed by atoms with Gasteiger partial charge in [-0.3, -0.25) is 0 Å². The van der Waals surface area contributed by atoms with Gasteiger partial charge in [-0.05, 0) is 74.9 Å². The molecule has 1 aliphatic carbocycles. The molecule has 8 heteroatoms.